The zero-order chi connectivity index (χ0) is 15.8. The molecule has 0 aromatic rings. The summed E-state index contributed by atoms with van der Waals surface area (Å²) in [5.41, 5.74) is 0. The number of phosphoric acid groups is 1. The molecule has 0 aliphatic carbocycles. The van der Waals surface area contributed by atoms with Gasteiger partial charge in [-0.3, -0.25) is 0 Å². The summed E-state index contributed by atoms with van der Waals surface area (Å²) < 4.78 is 19.9. The lowest BCUT2D eigenvalue weighted by Crippen LogP contribution is -2.54. The van der Waals surface area contributed by atoms with Gasteiger partial charge in [0.2, 0.25) is 6.10 Å². The van der Waals surface area contributed by atoms with Crippen molar-refractivity contribution in [2.75, 3.05) is 0 Å². The van der Waals surface area contributed by atoms with Crippen molar-refractivity contribution in [3.8, 4) is 0 Å². The van der Waals surface area contributed by atoms with Gasteiger partial charge in [-0.1, -0.05) is 4.52 Å². The Morgan fingerprint density at radius 2 is 2.29 bits per heavy atom. The van der Waals surface area contributed by atoms with Gasteiger partial charge in [0.15, 0.2) is 0 Å². The van der Waals surface area contributed by atoms with Crippen LogP contribution in [0, 0.1) is 13.0 Å². The van der Waals surface area contributed by atoms with E-state index in [-0.39, 0.29) is 0 Å². The Balaban J connectivity index is 2.00. The summed E-state index contributed by atoms with van der Waals surface area (Å²) in [5.74, 6) is -0.609. The molecule has 2 heterocycles. The third kappa shape index (κ3) is 4.04. The van der Waals surface area contributed by atoms with E-state index < -0.39 is 43.5 Å². The fourth-order valence-electron chi connectivity index (χ4n) is 1.79. The number of rotatable bonds is 4. The van der Waals surface area contributed by atoms with Crippen molar-refractivity contribution in [3.05, 3.63) is 25.0 Å². The highest BCUT2D eigenvalue weighted by Crippen LogP contribution is 2.39. The largest absolute Gasteiger partial charge is 0.860 e. The molecule has 1 fully saturated rings. The molecule has 21 heavy (non-hydrogen) atoms. The van der Waals surface area contributed by atoms with Crippen molar-refractivity contribution in [2.45, 2.75) is 23.8 Å². The summed E-state index contributed by atoms with van der Waals surface area (Å²) >= 11 is 4.05. The molecule has 2 amide bonds. The summed E-state index contributed by atoms with van der Waals surface area (Å²) in [5, 5.41) is 22.0. The van der Waals surface area contributed by atoms with Crippen molar-refractivity contribution in [1.29, 1.82) is 0 Å². The molecule has 118 valence electrons. The number of amides is 2. The number of aliphatic hydroxyl groups excluding tert-OH is 1. The van der Waals surface area contributed by atoms with Crippen LogP contribution in [-0.2, 0) is 13.8 Å². The maximum atomic E-state index is 11.7. The normalized spacial score (nSPS) is 33.6. The van der Waals surface area contributed by atoms with Gasteiger partial charge >= 0.3 is 13.9 Å². The summed E-state index contributed by atoms with van der Waals surface area (Å²) in [7, 11) is -4.75. The van der Waals surface area contributed by atoms with Crippen LogP contribution in [0.2, 0.25) is 0 Å². The number of carbonyl (C=O) groups is 1. The predicted octanol–water partition coefficient (Wildman–Crippen LogP) is -1.97. The van der Waals surface area contributed by atoms with Crippen LogP contribution >= 0.6 is 20.5 Å². The lowest BCUT2D eigenvalue weighted by Gasteiger charge is -2.40. The Morgan fingerprint density at radius 3 is 2.86 bits per heavy atom. The number of hydrogen-bond donors (Lipinski definition) is 5. The average Bonchev–Trinajstić information content (AvgIpc) is 2.65. The molecule has 1 saturated heterocycles. The SMILES string of the molecule is O=C1NC([O-])=C[C@H](S)N1[C@H]1[CH-][C@H](O)[C@@H]([CH+]OP(=O)(O)O)O1. The highest BCUT2D eigenvalue weighted by Gasteiger charge is 2.40. The molecule has 2 aliphatic heterocycles. The van der Waals surface area contributed by atoms with E-state index in [1.165, 1.54) is 6.42 Å². The summed E-state index contributed by atoms with van der Waals surface area (Å²) in [6.45, 7) is 0.645. The molecule has 2 rings (SSSR count). The molecular weight excluding hydrogens is 327 g/mol. The van der Waals surface area contributed by atoms with Gasteiger partial charge < -0.3 is 35.0 Å². The fourth-order valence-corrected chi connectivity index (χ4v) is 2.44. The Bertz CT molecular complexity index is 496. The number of aliphatic hydroxyl groups is 1. The van der Waals surface area contributed by atoms with Crippen LogP contribution < -0.4 is 10.4 Å². The number of carbonyl (C=O) groups excluding carboxylic acids is 1. The molecule has 0 saturated carbocycles. The van der Waals surface area contributed by atoms with Crippen LogP contribution in [0.3, 0.4) is 0 Å². The van der Waals surface area contributed by atoms with E-state index in [9.17, 15) is 19.6 Å². The standard InChI is InChI=1S/C9H13N2O8PS/c12-4-1-7(19-5(4)3-18-20(15,16)17)11-8(21)2-6(13)10-9(11)14/h1-5,7-8,12-13,21H,(H,10,14)(H2,15,16,17)/p-1/t4-,5+,7+,8-/m0/s1. The number of hydrogen-bond acceptors (Lipinski definition) is 7. The second-order valence-electron chi connectivity index (χ2n) is 4.19. The third-order valence-corrected chi connectivity index (χ3v) is 3.45. The van der Waals surface area contributed by atoms with Crippen LogP contribution in [0.4, 0.5) is 4.79 Å². The molecule has 4 N–H and O–H groups in total. The van der Waals surface area contributed by atoms with E-state index in [0.29, 0.717) is 6.61 Å². The third-order valence-electron chi connectivity index (χ3n) is 2.65. The van der Waals surface area contributed by atoms with Crippen molar-refractivity contribution in [2.24, 2.45) is 0 Å². The van der Waals surface area contributed by atoms with Crippen LogP contribution in [-0.4, -0.2) is 49.6 Å². The molecule has 10 nitrogen and oxygen atoms in total. The molecule has 0 spiro atoms. The monoisotopic (exact) mass is 339 g/mol. The van der Waals surface area contributed by atoms with Gasteiger partial charge in [0.1, 0.15) is 0 Å². The Morgan fingerprint density at radius 1 is 1.62 bits per heavy atom. The van der Waals surface area contributed by atoms with Gasteiger partial charge in [-0.2, -0.15) is 12.6 Å². The van der Waals surface area contributed by atoms with E-state index in [0.717, 1.165) is 11.0 Å². The first-order valence-electron chi connectivity index (χ1n) is 5.59. The van der Waals surface area contributed by atoms with Gasteiger partial charge in [0, 0.05) is 12.3 Å². The van der Waals surface area contributed by atoms with Crippen LogP contribution in [0.25, 0.3) is 0 Å². The fraction of sp³-hybridized carbons (Fsp3) is 0.444. The number of urea groups is 1. The average molecular weight is 339 g/mol. The lowest BCUT2D eigenvalue weighted by molar-refractivity contribution is -0.311. The van der Waals surface area contributed by atoms with Gasteiger partial charge in [0.05, 0.1) is 5.37 Å². The minimum Gasteiger partial charge on any atom is -0.860 e. The Labute approximate surface area is 125 Å². The van der Waals surface area contributed by atoms with Gasteiger partial charge in [-0.15, -0.1) is 0 Å². The number of ether oxygens (including phenoxy) is 1. The summed E-state index contributed by atoms with van der Waals surface area (Å²) in [4.78, 5) is 29.9. The second-order valence-corrected chi connectivity index (χ2v) is 5.91. The first kappa shape index (κ1) is 16.4. The minimum absolute atomic E-state index is 0.609. The predicted molar refractivity (Wildman–Crippen MR) is 67.6 cm³/mol. The van der Waals surface area contributed by atoms with Crippen molar-refractivity contribution in [1.82, 2.24) is 10.2 Å². The van der Waals surface area contributed by atoms with Gasteiger partial charge in [0.25, 0.3) is 6.61 Å². The molecule has 0 aromatic carbocycles. The summed E-state index contributed by atoms with van der Waals surface area (Å²) in [6.07, 6.45) is -1.16. The van der Waals surface area contributed by atoms with Crippen molar-refractivity contribution >= 4 is 26.5 Å². The van der Waals surface area contributed by atoms with Crippen LogP contribution in [0.1, 0.15) is 0 Å². The van der Waals surface area contributed by atoms with Crippen LogP contribution in [0.15, 0.2) is 12.0 Å². The molecule has 2 aliphatic rings. The number of thiol groups is 1. The van der Waals surface area contributed by atoms with Crippen molar-refractivity contribution < 1.29 is 38.6 Å². The molecule has 0 bridgehead atoms. The van der Waals surface area contributed by atoms with E-state index in [2.05, 4.69) is 17.2 Å². The molecule has 0 unspecified atom stereocenters. The number of phosphoric ester groups is 1. The zero-order valence-electron chi connectivity index (χ0n) is 10.3. The number of nitrogens with one attached hydrogen (secondary N) is 1. The Kier molecular flexibility index (Phi) is 4.73. The first-order valence-corrected chi connectivity index (χ1v) is 7.64. The topological polar surface area (TPSA) is 152 Å². The number of nitrogens with zero attached hydrogens (tertiary/aromatic N) is 1. The smallest absolute Gasteiger partial charge is 0.509 e. The van der Waals surface area contributed by atoms with E-state index >= 15 is 0 Å². The lowest BCUT2D eigenvalue weighted by atomic mass is 10.2. The van der Waals surface area contributed by atoms with Crippen LogP contribution in [0.5, 0.6) is 0 Å². The van der Waals surface area contributed by atoms with Gasteiger partial charge in [-0.05, 0) is 12.0 Å². The van der Waals surface area contributed by atoms with Gasteiger partial charge in [-0.25, -0.2) is 15.8 Å². The molecular formula is C9H12N2O8PS-. The Hall–Kier alpha value is -0.940. The van der Waals surface area contributed by atoms with Crippen molar-refractivity contribution in [3.63, 3.8) is 0 Å². The highest BCUT2D eigenvalue weighted by atomic mass is 32.1. The first-order chi connectivity index (χ1) is 9.67. The molecule has 0 radical (unpaired) electrons. The molecule has 4 atom stereocenters. The quantitative estimate of drug-likeness (QED) is 0.225. The second kappa shape index (κ2) is 6.05. The highest BCUT2D eigenvalue weighted by molar-refractivity contribution is 7.81. The van der Waals surface area contributed by atoms with E-state index in [1.54, 1.807) is 0 Å². The maximum absolute atomic E-state index is 11.7. The molecule has 12 heteroatoms. The molecule has 0 aromatic heterocycles. The minimum atomic E-state index is -4.75. The maximum Gasteiger partial charge on any atom is 0.509 e. The van der Waals surface area contributed by atoms with E-state index in [1.807, 2.05) is 5.32 Å². The van der Waals surface area contributed by atoms with E-state index in [4.69, 9.17) is 14.5 Å². The zero-order valence-corrected chi connectivity index (χ0v) is 12.1. The summed E-state index contributed by atoms with van der Waals surface area (Å²) in [6, 6.07) is -0.771.